The van der Waals surface area contributed by atoms with Gasteiger partial charge in [0, 0.05) is 11.9 Å². The molecule has 0 saturated carbocycles. The van der Waals surface area contributed by atoms with Gasteiger partial charge in [0.1, 0.15) is 0 Å². The molecule has 2 N–H and O–H groups in total. The molecule has 0 radical (unpaired) electrons. The normalized spacial score (nSPS) is 12.7. The number of aromatic nitrogens is 3. The first-order chi connectivity index (χ1) is 8.49. The highest BCUT2D eigenvalue weighted by Gasteiger charge is 2.11. The van der Waals surface area contributed by atoms with Gasteiger partial charge in [0.15, 0.2) is 5.16 Å². The van der Waals surface area contributed by atoms with E-state index in [-0.39, 0.29) is 5.69 Å². The fourth-order valence-electron chi connectivity index (χ4n) is 1.38. The summed E-state index contributed by atoms with van der Waals surface area (Å²) in [6.07, 6.45) is -0.559. The Morgan fingerprint density at radius 2 is 2.28 bits per heavy atom. The van der Waals surface area contributed by atoms with Crippen molar-refractivity contribution in [3.8, 4) is 0 Å². The van der Waals surface area contributed by atoms with Crippen LogP contribution >= 0.6 is 23.4 Å². The van der Waals surface area contributed by atoms with Gasteiger partial charge in [0.25, 0.3) is 0 Å². The molecule has 0 amide bonds. The Hall–Kier alpha value is -1.24. The number of aliphatic hydroxyl groups is 1. The largest absolute Gasteiger partial charge is 0.389 e. The molecule has 0 bridgehead atoms. The average molecular weight is 286 g/mol. The first-order valence-electron chi connectivity index (χ1n) is 5.26. The second kappa shape index (κ2) is 5.17. The topological polar surface area (TPSA) is 70.9 Å². The van der Waals surface area contributed by atoms with Crippen LogP contribution in [-0.4, -0.2) is 19.9 Å². The monoisotopic (exact) mass is 285 g/mol. The highest BCUT2D eigenvalue weighted by molar-refractivity contribution is 7.99. The number of aliphatic hydroxyl groups excluding tert-OH is 1. The molecular weight excluding hydrogens is 274 g/mol. The van der Waals surface area contributed by atoms with Crippen molar-refractivity contribution in [3.63, 3.8) is 0 Å². The van der Waals surface area contributed by atoms with Crippen molar-refractivity contribution in [2.45, 2.75) is 23.1 Å². The van der Waals surface area contributed by atoms with E-state index >= 15 is 0 Å². The van der Waals surface area contributed by atoms with Crippen molar-refractivity contribution in [3.05, 3.63) is 39.3 Å². The van der Waals surface area contributed by atoms with Gasteiger partial charge in [-0.2, -0.15) is 0 Å². The number of rotatable bonds is 3. The predicted octanol–water partition coefficient (Wildman–Crippen LogP) is 1.97. The van der Waals surface area contributed by atoms with E-state index in [0.29, 0.717) is 10.2 Å². The third-order valence-corrected chi connectivity index (χ3v) is 4.03. The van der Waals surface area contributed by atoms with Crippen molar-refractivity contribution >= 4 is 23.4 Å². The molecule has 18 heavy (non-hydrogen) atoms. The Kier molecular flexibility index (Phi) is 3.79. The van der Waals surface area contributed by atoms with E-state index in [0.717, 1.165) is 10.5 Å². The number of halogens is 1. The summed E-state index contributed by atoms with van der Waals surface area (Å²) in [5.74, 6) is 0. The molecule has 0 spiro atoms. The number of nitrogens with one attached hydrogen (secondary N) is 1. The maximum Gasteiger partial charge on any atom is 0.343 e. The molecule has 0 aliphatic carbocycles. The molecule has 1 aromatic carbocycles. The summed E-state index contributed by atoms with van der Waals surface area (Å²) in [6, 6.07) is 5.30. The summed E-state index contributed by atoms with van der Waals surface area (Å²) < 4.78 is 1.41. The summed E-state index contributed by atoms with van der Waals surface area (Å²) in [6.45, 7) is 1.68. The van der Waals surface area contributed by atoms with Crippen LogP contribution in [0.1, 0.15) is 18.6 Å². The third-order valence-electron chi connectivity index (χ3n) is 2.48. The van der Waals surface area contributed by atoms with E-state index in [2.05, 4.69) is 10.2 Å². The minimum atomic E-state index is -0.559. The molecule has 96 valence electrons. The van der Waals surface area contributed by atoms with Crippen molar-refractivity contribution in [1.29, 1.82) is 0 Å². The minimum absolute atomic E-state index is 0.269. The van der Waals surface area contributed by atoms with Crippen molar-refractivity contribution < 1.29 is 5.11 Å². The molecule has 2 aromatic rings. The number of H-pyrrole nitrogens is 1. The lowest BCUT2D eigenvalue weighted by Gasteiger charge is -2.08. The smallest absolute Gasteiger partial charge is 0.343 e. The molecule has 0 saturated heterocycles. The van der Waals surface area contributed by atoms with Gasteiger partial charge in [-0.05, 0) is 36.4 Å². The maximum atomic E-state index is 11.2. The second-order valence-electron chi connectivity index (χ2n) is 3.84. The number of aromatic amines is 1. The van der Waals surface area contributed by atoms with Crippen LogP contribution in [0.15, 0.2) is 33.0 Å². The number of benzene rings is 1. The van der Waals surface area contributed by atoms with Crippen LogP contribution < -0.4 is 5.69 Å². The van der Waals surface area contributed by atoms with Crippen LogP contribution in [0.3, 0.4) is 0 Å². The molecule has 5 nitrogen and oxygen atoms in total. The summed E-state index contributed by atoms with van der Waals surface area (Å²) >= 11 is 7.41. The van der Waals surface area contributed by atoms with Crippen molar-refractivity contribution in [2.24, 2.45) is 7.05 Å². The molecule has 1 atom stereocenters. The first-order valence-corrected chi connectivity index (χ1v) is 6.45. The first kappa shape index (κ1) is 13.2. The van der Waals surface area contributed by atoms with Gasteiger partial charge in [-0.1, -0.05) is 17.7 Å². The summed E-state index contributed by atoms with van der Waals surface area (Å²) in [5.41, 5.74) is 0.481. The van der Waals surface area contributed by atoms with Crippen LogP contribution in [0.4, 0.5) is 0 Å². The van der Waals surface area contributed by atoms with Gasteiger partial charge in [0.2, 0.25) is 0 Å². The molecule has 0 aliphatic heterocycles. The summed E-state index contributed by atoms with van der Waals surface area (Å²) in [7, 11) is 1.63. The molecular formula is C11H12ClN3O2S. The molecule has 0 aliphatic rings. The third kappa shape index (κ3) is 2.60. The second-order valence-corrected chi connectivity index (χ2v) is 5.25. The standard InChI is InChI=1S/C11H12ClN3O2S/c1-6(16)7-3-4-9(8(12)5-7)18-11-14-13-10(17)15(11)2/h3-6,16H,1-2H3,(H,13,17). The van der Waals surface area contributed by atoms with E-state index in [1.54, 1.807) is 32.2 Å². The zero-order valence-corrected chi connectivity index (χ0v) is 11.4. The minimum Gasteiger partial charge on any atom is -0.389 e. The summed E-state index contributed by atoms with van der Waals surface area (Å²) in [4.78, 5) is 12.0. The van der Waals surface area contributed by atoms with Gasteiger partial charge >= 0.3 is 5.69 Å². The Morgan fingerprint density at radius 1 is 1.56 bits per heavy atom. The van der Waals surface area contributed by atoms with Crippen LogP contribution in [0, 0.1) is 0 Å². The fourth-order valence-corrected chi connectivity index (χ4v) is 2.49. The van der Waals surface area contributed by atoms with E-state index in [1.807, 2.05) is 0 Å². The zero-order valence-electron chi connectivity index (χ0n) is 9.85. The molecule has 7 heteroatoms. The average Bonchev–Trinajstić information content (AvgIpc) is 2.63. The van der Waals surface area contributed by atoms with E-state index in [1.165, 1.54) is 16.3 Å². The number of hydrogen-bond acceptors (Lipinski definition) is 4. The van der Waals surface area contributed by atoms with Crippen molar-refractivity contribution in [1.82, 2.24) is 14.8 Å². The zero-order chi connectivity index (χ0) is 13.3. The van der Waals surface area contributed by atoms with Gasteiger partial charge in [-0.15, -0.1) is 5.10 Å². The van der Waals surface area contributed by atoms with Crippen LogP contribution in [0.2, 0.25) is 5.02 Å². The number of hydrogen-bond donors (Lipinski definition) is 2. The lowest BCUT2D eigenvalue weighted by Crippen LogP contribution is -2.12. The van der Waals surface area contributed by atoms with Gasteiger partial charge < -0.3 is 5.11 Å². The van der Waals surface area contributed by atoms with E-state index in [9.17, 15) is 9.90 Å². The Balaban J connectivity index is 2.30. The van der Waals surface area contributed by atoms with Gasteiger partial charge in [0.05, 0.1) is 11.1 Å². The molecule has 1 heterocycles. The van der Waals surface area contributed by atoms with Crippen LogP contribution in [0.5, 0.6) is 0 Å². The van der Waals surface area contributed by atoms with Crippen LogP contribution in [0.25, 0.3) is 0 Å². The highest BCUT2D eigenvalue weighted by atomic mass is 35.5. The lowest BCUT2D eigenvalue weighted by molar-refractivity contribution is 0.199. The highest BCUT2D eigenvalue weighted by Crippen LogP contribution is 2.33. The Labute approximate surface area is 113 Å². The quantitative estimate of drug-likeness (QED) is 0.904. The Bertz CT molecular complexity index is 621. The summed E-state index contributed by atoms with van der Waals surface area (Å²) in [5, 5.41) is 16.8. The Morgan fingerprint density at radius 3 is 2.78 bits per heavy atom. The number of nitrogens with zero attached hydrogens (tertiary/aromatic N) is 2. The predicted molar refractivity (Wildman–Crippen MR) is 70.0 cm³/mol. The van der Waals surface area contributed by atoms with Gasteiger partial charge in [-0.3, -0.25) is 4.57 Å². The van der Waals surface area contributed by atoms with E-state index < -0.39 is 6.10 Å². The van der Waals surface area contributed by atoms with Gasteiger partial charge in [-0.25, -0.2) is 9.89 Å². The molecule has 1 unspecified atom stereocenters. The lowest BCUT2D eigenvalue weighted by atomic mass is 10.1. The molecule has 2 rings (SSSR count). The maximum absolute atomic E-state index is 11.2. The molecule has 0 fully saturated rings. The molecule has 1 aromatic heterocycles. The van der Waals surface area contributed by atoms with Crippen molar-refractivity contribution in [2.75, 3.05) is 0 Å². The van der Waals surface area contributed by atoms with Crippen LogP contribution in [-0.2, 0) is 7.05 Å². The SMILES string of the molecule is CC(O)c1ccc(Sc2n[nH]c(=O)n2C)c(Cl)c1. The fraction of sp³-hybridized carbons (Fsp3) is 0.273. The van der Waals surface area contributed by atoms with E-state index in [4.69, 9.17) is 11.6 Å².